The van der Waals surface area contributed by atoms with Gasteiger partial charge in [-0.1, -0.05) is 12.1 Å². The van der Waals surface area contributed by atoms with Gasteiger partial charge in [0.15, 0.2) is 0 Å². The molecule has 10 rings (SSSR count). The van der Waals surface area contributed by atoms with E-state index in [9.17, 15) is 35.1 Å². The number of imidazole rings is 2. The Morgan fingerprint density at radius 3 is 1.38 bits per heavy atom. The van der Waals surface area contributed by atoms with Crippen LogP contribution >= 0.6 is 0 Å². The van der Waals surface area contributed by atoms with Gasteiger partial charge in [-0.15, -0.1) is 0 Å². The van der Waals surface area contributed by atoms with E-state index in [0.717, 1.165) is 47.7 Å². The monoisotopic (exact) mass is 1000 g/mol. The smallest absolute Gasteiger partial charge is 0.416 e. The predicted octanol–water partition coefficient (Wildman–Crippen LogP) is 8.79. The molecule has 0 radical (unpaired) electrons. The van der Waals surface area contributed by atoms with Crippen LogP contribution in [0.3, 0.4) is 0 Å². The second kappa shape index (κ2) is 20.9. The Morgan fingerprint density at radius 2 is 1.01 bits per heavy atom. The standard InChI is InChI=1S/2C25H26F4N6O/c2*1-15-13-34(14-30-15)21-9-6-17(31-24(21)36-2)7-10-22-32-23-19(4-3-11-35(23)33-22)18-8-5-16(26)12-20(18)25(27,28)29/h2*5-10,12-14,19,22-23,32-33H,3-4,11H2,1-2H3/b2*10-7+/t2*19-,22?,23?/m10/s1. The molecule has 6 atom stereocenters. The summed E-state index contributed by atoms with van der Waals surface area (Å²) in [4.78, 5) is 17.6. The predicted molar refractivity (Wildman–Crippen MR) is 251 cm³/mol. The number of fused-ring (bicyclic) bond motifs is 2. The Labute approximate surface area is 409 Å². The molecule has 0 bridgehead atoms. The van der Waals surface area contributed by atoms with Gasteiger partial charge in [0.1, 0.15) is 23.0 Å². The maximum absolute atomic E-state index is 13.7. The van der Waals surface area contributed by atoms with Crippen molar-refractivity contribution in [2.45, 2.75) is 88.4 Å². The van der Waals surface area contributed by atoms with Gasteiger partial charge in [-0.05, 0) is 123 Å². The molecule has 0 aliphatic carbocycles. The van der Waals surface area contributed by atoms with Crippen molar-refractivity contribution in [2.24, 2.45) is 0 Å². The number of methoxy groups -OCH3 is 2. The first-order valence-corrected chi connectivity index (χ1v) is 23.2. The fraction of sp³-hybridized carbons (Fsp3) is 0.360. The number of ether oxygens (including phenoxy) is 2. The average Bonchev–Trinajstić information content (AvgIpc) is 4.19. The Morgan fingerprint density at radius 1 is 0.597 bits per heavy atom. The molecule has 6 aromatic rings. The highest BCUT2D eigenvalue weighted by atomic mass is 19.4. The Hall–Kier alpha value is -6.56. The lowest BCUT2D eigenvalue weighted by Gasteiger charge is -2.36. The number of hydrogen-bond donors (Lipinski definition) is 4. The van der Waals surface area contributed by atoms with Gasteiger partial charge < -0.3 is 18.6 Å². The number of benzene rings is 2. The van der Waals surface area contributed by atoms with Gasteiger partial charge in [-0.25, -0.2) is 49.6 Å². The number of nitrogens with one attached hydrogen (secondary N) is 4. The molecule has 2 aromatic carbocycles. The molecule has 0 saturated carbocycles. The van der Waals surface area contributed by atoms with Gasteiger partial charge >= 0.3 is 12.4 Å². The zero-order valence-corrected chi connectivity index (χ0v) is 39.5. The summed E-state index contributed by atoms with van der Waals surface area (Å²) in [7, 11) is 3.10. The van der Waals surface area contributed by atoms with E-state index in [1.54, 1.807) is 26.9 Å². The molecular weight excluding hydrogens is 953 g/mol. The molecule has 4 saturated heterocycles. The van der Waals surface area contributed by atoms with Crippen molar-refractivity contribution in [1.29, 1.82) is 0 Å². The minimum Gasteiger partial charge on any atom is -0.479 e. The van der Waals surface area contributed by atoms with Crippen LogP contribution in [0.5, 0.6) is 11.8 Å². The number of hydrazine groups is 2. The molecular formula is C50H52F8N12O2. The largest absolute Gasteiger partial charge is 0.479 e. The van der Waals surface area contributed by atoms with Crippen molar-refractivity contribution in [3.8, 4) is 23.1 Å². The van der Waals surface area contributed by atoms with Crippen LogP contribution in [0.1, 0.15) is 82.5 Å². The van der Waals surface area contributed by atoms with Crippen LogP contribution in [-0.2, 0) is 12.4 Å². The van der Waals surface area contributed by atoms with E-state index in [2.05, 4.69) is 41.4 Å². The average molecular weight is 1010 g/mol. The van der Waals surface area contributed by atoms with Crippen molar-refractivity contribution < 1.29 is 44.6 Å². The Kier molecular flexibility index (Phi) is 14.6. The highest BCUT2D eigenvalue weighted by molar-refractivity contribution is 5.53. The van der Waals surface area contributed by atoms with Crippen LogP contribution in [0, 0.1) is 25.5 Å². The first kappa shape index (κ1) is 50.4. The molecule has 14 nitrogen and oxygen atoms in total. The molecule has 4 aliphatic rings. The lowest BCUT2D eigenvalue weighted by Crippen LogP contribution is -2.47. The summed E-state index contributed by atoms with van der Waals surface area (Å²) in [5, 5.41) is 10.6. The number of pyridine rings is 2. The van der Waals surface area contributed by atoms with Gasteiger partial charge in [0.05, 0.1) is 85.4 Å². The van der Waals surface area contributed by atoms with Crippen LogP contribution < -0.4 is 31.0 Å². The first-order chi connectivity index (χ1) is 34.4. The molecule has 4 unspecified atom stereocenters. The minimum absolute atomic E-state index is 0.106. The molecule has 72 heavy (non-hydrogen) atoms. The molecule has 0 spiro atoms. The SMILES string of the molecule is COc1nc(/C=C/C2NC3[C@@H](c4ccc(F)cc4C(F)(F)F)CCCN3N2)ccc1-n1cnc(C)c1.COc1nc(/C=C/C2NC3[C@H](c4ccc(F)cc4C(F)(F)F)CCCN3N2)ccc1-n1cnc(C)c1. The van der Waals surface area contributed by atoms with Crippen molar-refractivity contribution in [2.75, 3.05) is 27.3 Å². The highest BCUT2D eigenvalue weighted by Gasteiger charge is 2.45. The second-order valence-electron chi connectivity index (χ2n) is 17.9. The minimum atomic E-state index is -4.63. The second-order valence-corrected chi connectivity index (χ2v) is 17.9. The van der Waals surface area contributed by atoms with E-state index in [1.165, 1.54) is 12.1 Å². The third-order valence-electron chi connectivity index (χ3n) is 13.0. The van der Waals surface area contributed by atoms with Crippen LogP contribution in [0.25, 0.3) is 23.5 Å². The number of halogens is 8. The number of piperidine rings is 2. The van der Waals surface area contributed by atoms with E-state index in [0.29, 0.717) is 61.2 Å². The lowest BCUT2D eigenvalue weighted by atomic mass is 9.85. The molecule has 4 fully saturated rings. The summed E-state index contributed by atoms with van der Waals surface area (Å²) < 4.78 is 124. The van der Waals surface area contributed by atoms with Crippen LogP contribution in [0.2, 0.25) is 0 Å². The molecule has 22 heteroatoms. The van der Waals surface area contributed by atoms with Crippen molar-refractivity contribution >= 4 is 12.2 Å². The van der Waals surface area contributed by atoms with Crippen LogP contribution in [0.4, 0.5) is 35.1 Å². The number of hydrogen-bond acceptors (Lipinski definition) is 12. The van der Waals surface area contributed by atoms with E-state index < -0.39 is 46.9 Å². The zero-order chi connectivity index (χ0) is 50.9. The highest BCUT2D eigenvalue weighted by Crippen LogP contribution is 2.43. The lowest BCUT2D eigenvalue weighted by molar-refractivity contribution is -0.139. The van der Waals surface area contributed by atoms with Crippen LogP contribution in [-0.4, -0.2) is 91.1 Å². The topological polar surface area (TPSA) is 134 Å². The summed E-state index contributed by atoms with van der Waals surface area (Å²) in [6, 6.07) is 13.3. The Balaban J connectivity index is 0.000000178. The zero-order valence-electron chi connectivity index (χ0n) is 39.5. The van der Waals surface area contributed by atoms with E-state index in [1.807, 2.05) is 94.0 Å². The maximum Gasteiger partial charge on any atom is 0.416 e. The number of rotatable bonds is 10. The van der Waals surface area contributed by atoms with Gasteiger partial charge in [-0.2, -0.15) is 26.3 Å². The molecule has 380 valence electrons. The quantitative estimate of drug-likeness (QED) is 0.0978. The molecule has 4 aliphatic heterocycles. The van der Waals surface area contributed by atoms with Crippen molar-refractivity contribution in [1.82, 2.24) is 60.6 Å². The van der Waals surface area contributed by atoms with Gasteiger partial charge in [-0.3, -0.25) is 10.6 Å². The number of nitrogens with zero attached hydrogens (tertiary/aromatic N) is 8. The van der Waals surface area contributed by atoms with Gasteiger partial charge in [0.2, 0.25) is 11.8 Å². The number of aryl methyl sites for hydroxylation is 2. The van der Waals surface area contributed by atoms with E-state index in [4.69, 9.17) is 9.47 Å². The molecule has 8 heterocycles. The number of alkyl halides is 6. The van der Waals surface area contributed by atoms with E-state index in [-0.39, 0.29) is 35.8 Å². The summed E-state index contributed by atoms with van der Waals surface area (Å²) in [6.45, 7) is 5.17. The van der Waals surface area contributed by atoms with Gasteiger partial charge in [0.25, 0.3) is 0 Å². The fourth-order valence-corrected chi connectivity index (χ4v) is 9.81. The summed E-state index contributed by atoms with van der Waals surface area (Å²) in [6.07, 6.45) is 6.46. The summed E-state index contributed by atoms with van der Waals surface area (Å²) in [5.41, 5.74) is 9.58. The van der Waals surface area contributed by atoms with E-state index >= 15 is 0 Å². The third-order valence-corrected chi connectivity index (χ3v) is 13.0. The molecule has 0 amide bonds. The summed E-state index contributed by atoms with van der Waals surface area (Å²) in [5.74, 6) is -1.80. The normalized spacial score (nSPS) is 22.8. The Bertz CT molecular complexity index is 2740. The van der Waals surface area contributed by atoms with Crippen LogP contribution in [0.15, 0.2) is 97.9 Å². The summed E-state index contributed by atoms with van der Waals surface area (Å²) >= 11 is 0. The van der Waals surface area contributed by atoms with Crippen molar-refractivity contribution in [3.05, 3.63) is 155 Å². The van der Waals surface area contributed by atoms with Crippen molar-refractivity contribution in [3.63, 3.8) is 0 Å². The van der Waals surface area contributed by atoms with Gasteiger partial charge in [0, 0.05) is 37.3 Å². The first-order valence-electron chi connectivity index (χ1n) is 23.2. The molecule has 4 aromatic heterocycles. The third kappa shape index (κ3) is 11.1. The molecule has 4 N–H and O–H groups in total. The maximum atomic E-state index is 13.7. The fourth-order valence-electron chi connectivity index (χ4n) is 9.81. The number of aromatic nitrogens is 6.